The van der Waals surface area contributed by atoms with E-state index >= 15 is 0 Å². The largest absolute Gasteiger partial charge is 0.271 e. The van der Waals surface area contributed by atoms with Crippen LogP contribution >= 0.6 is 0 Å². The van der Waals surface area contributed by atoms with Gasteiger partial charge >= 0.3 is 0 Å². The van der Waals surface area contributed by atoms with Gasteiger partial charge in [-0.1, -0.05) is 36.4 Å². The molecular weight excluding hydrogens is 239 g/mol. The number of nitrogens with two attached hydrogens (primary N) is 1. The average molecular weight is 258 g/mol. The Labute approximate surface area is 113 Å². The van der Waals surface area contributed by atoms with E-state index in [1.165, 1.54) is 23.3 Å². The minimum atomic E-state index is -0.224. The molecule has 19 heavy (non-hydrogen) atoms. The Morgan fingerprint density at radius 1 is 1.11 bits per heavy atom. The smallest absolute Gasteiger partial charge is 0.123 e. The fourth-order valence-electron chi connectivity index (χ4n) is 2.23. The fraction of sp³-hybridized carbons (Fsp3) is 0.250. The van der Waals surface area contributed by atoms with Gasteiger partial charge in [0, 0.05) is 6.04 Å². The van der Waals surface area contributed by atoms with Gasteiger partial charge in [0.15, 0.2) is 0 Å². The summed E-state index contributed by atoms with van der Waals surface area (Å²) >= 11 is 0. The first kappa shape index (κ1) is 13.7. The molecule has 0 bridgehead atoms. The van der Waals surface area contributed by atoms with Gasteiger partial charge in [-0.15, -0.1) is 0 Å². The SMILES string of the molecule is Cc1ccccc1CCC(NN)c1ccc(F)cc1. The number of hydrogen-bond acceptors (Lipinski definition) is 2. The summed E-state index contributed by atoms with van der Waals surface area (Å²) in [6.45, 7) is 2.11. The second-order valence-corrected chi connectivity index (χ2v) is 4.74. The molecule has 0 aliphatic rings. The summed E-state index contributed by atoms with van der Waals surface area (Å²) in [6.07, 6.45) is 1.83. The summed E-state index contributed by atoms with van der Waals surface area (Å²) < 4.78 is 12.9. The van der Waals surface area contributed by atoms with Gasteiger partial charge in [0.25, 0.3) is 0 Å². The molecule has 100 valence electrons. The van der Waals surface area contributed by atoms with Crippen LogP contribution in [0.1, 0.15) is 29.2 Å². The molecule has 0 aliphatic heterocycles. The standard InChI is InChI=1S/C16H19FN2/c1-12-4-2-3-5-13(12)8-11-16(19-18)14-6-9-15(17)10-7-14/h2-7,9-10,16,19H,8,11,18H2,1H3. The Hall–Kier alpha value is -1.71. The van der Waals surface area contributed by atoms with E-state index in [0.717, 1.165) is 18.4 Å². The average Bonchev–Trinajstić information content (AvgIpc) is 2.43. The highest BCUT2D eigenvalue weighted by Gasteiger charge is 2.10. The molecule has 0 heterocycles. The highest BCUT2D eigenvalue weighted by molar-refractivity contribution is 5.26. The predicted molar refractivity (Wildman–Crippen MR) is 76.0 cm³/mol. The molecule has 2 aromatic rings. The van der Waals surface area contributed by atoms with Crippen molar-refractivity contribution in [1.29, 1.82) is 0 Å². The normalized spacial score (nSPS) is 12.4. The van der Waals surface area contributed by atoms with E-state index in [4.69, 9.17) is 5.84 Å². The molecule has 2 rings (SSSR count). The van der Waals surface area contributed by atoms with Crippen molar-refractivity contribution in [3.8, 4) is 0 Å². The number of hydrogen-bond donors (Lipinski definition) is 2. The summed E-state index contributed by atoms with van der Waals surface area (Å²) in [6, 6.07) is 14.9. The van der Waals surface area contributed by atoms with Crippen LogP contribution in [-0.2, 0) is 6.42 Å². The van der Waals surface area contributed by atoms with Gasteiger partial charge in [0.1, 0.15) is 5.82 Å². The van der Waals surface area contributed by atoms with Crippen LogP contribution in [0.2, 0.25) is 0 Å². The summed E-state index contributed by atoms with van der Waals surface area (Å²) in [7, 11) is 0. The summed E-state index contributed by atoms with van der Waals surface area (Å²) in [5, 5.41) is 0. The lowest BCUT2D eigenvalue weighted by molar-refractivity contribution is 0.514. The Morgan fingerprint density at radius 2 is 1.79 bits per heavy atom. The molecule has 0 aromatic heterocycles. The summed E-state index contributed by atoms with van der Waals surface area (Å²) in [5.41, 5.74) is 6.43. The maximum absolute atomic E-state index is 12.9. The lowest BCUT2D eigenvalue weighted by Gasteiger charge is -2.17. The van der Waals surface area contributed by atoms with E-state index in [9.17, 15) is 4.39 Å². The lowest BCUT2D eigenvalue weighted by atomic mass is 9.97. The van der Waals surface area contributed by atoms with Crippen LogP contribution in [0, 0.1) is 12.7 Å². The highest BCUT2D eigenvalue weighted by atomic mass is 19.1. The molecule has 0 amide bonds. The van der Waals surface area contributed by atoms with E-state index in [1.807, 2.05) is 12.1 Å². The zero-order valence-electron chi connectivity index (χ0n) is 11.1. The minimum Gasteiger partial charge on any atom is -0.271 e. The van der Waals surface area contributed by atoms with Crippen molar-refractivity contribution in [2.75, 3.05) is 0 Å². The molecule has 0 saturated carbocycles. The van der Waals surface area contributed by atoms with Crippen molar-refractivity contribution in [3.05, 3.63) is 71.0 Å². The molecule has 0 aliphatic carbocycles. The second kappa shape index (κ2) is 6.45. The zero-order valence-corrected chi connectivity index (χ0v) is 11.1. The molecule has 0 spiro atoms. The van der Waals surface area contributed by atoms with Crippen molar-refractivity contribution in [2.45, 2.75) is 25.8 Å². The number of benzene rings is 2. The topological polar surface area (TPSA) is 38.0 Å². The third-order valence-electron chi connectivity index (χ3n) is 3.44. The van der Waals surface area contributed by atoms with Gasteiger partial charge in [0.05, 0.1) is 0 Å². The lowest BCUT2D eigenvalue weighted by Crippen LogP contribution is -2.28. The van der Waals surface area contributed by atoms with Crippen LogP contribution in [0.5, 0.6) is 0 Å². The van der Waals surface area contributed by atoms with Crippen LogP contribution in [0.4, 0.5) is 4.39 Å². The van der Waals surface area contributed by atoms with Gasteiger partial charge in [-0.05, 0) is 48.6 Å². The van der Waals surface area contributed by atoms with Crippen LogP contribution in [0.25, 0.3) is 0 Å². The van der Waals surface area contributed by atoms with Crippen molar-refractivity contribution in [1.82, 2.24) is 5.43 Å². The zero-order chi connectivity index (χ0) is 13.7. The molecule has 1 atom stereocenters. The number of hydrazine groups is 1. The fourth-order valence-corrected chi connectivity index (χ4v) is 2.23. The Morgan fingerprint density at radius 3 is 2.42 bits per heavy atom. The van der Waals surface area contributed by atoms with Gasteiger partial charge in [0.2, 0.25) is 0 Å². The van der Waals surface area contributed by atoms with E-state index < -0.39 is 0 Å². The monoisotopic (exact) mass is 258 g/mol. The van der Waals surface area contributed by atoms with Crippen LogP contribution in [-0.4, -0.2) is 0 Å². The first-order chi connectivity index (χ1) is 9.20. The molecule has 1 unspecified atom stereocenters. The number of rotatable bonds is 5. The maximum atomic E-state index is 12.9. The number of halogens is 1. The van der Waals surface area contributed by atoms with Crippen molar-refractivity contribution in [2.24, 2.45) is 5.84 Å². The summed E-state index contributed by atoms with van der Waals surface area (Å²) in [4.78, 5) is 0. The number of aryl methyl sites for hydroxylation is 2. The van der Waals surface area contributed by atoms with Crippen molar-refractivity contribution >= 4 is 0 Å². The van der Waals surface area contributed by atoms with E-state index in [1.54, 1.807) is 12.1 Å². The predicted octanol–water partition coefficient (Wildman–Crippen LogP) is 3.27. The van der Waals surface area contributed by atoms with Crippen LogP contribution in [0.15, 0.2) is 48.5 Å². The molecular formula is C16H19FN2. The molecule has 0 fully saturated rings. The Kier molecular flexibility index (Phi) is 4.66. The van der Waals surface area contributed by atoms with E-state index in [2.05, 4.69) is 24.5 Å². The molecule has 0 radical (unpaired) electrons. The van der Waals surface area contributed by atoms with Gasteiger partial charge in [-0.25, -0.2) is 4.39 Å². The highest BCUT2D eigenvalue weighted by Crippen LogP contribution is 2.20. The second-order valence-electron chi connectivity index (χ2n) is 4.74. The first-order valence-corrected chi connectivity index (χ1v) is 6.47. The quantitative estimate of drug-likeness (QED) is 0.638. The molecule has 2 aromatic carbocycles. The van der Waals surface area contributed by atoms with Gasteiger partial charge < -0.3 is 0 Å². The number of nitrogens with one attached hydrogen (secondary N) is 1. The van der Waals surface area contributed by atoms with Gasteiger partial charge in [-0.2, -0.15) is 0 Å². The Bertz CT molecular complexity index is 523. The Balaban J connectivity index is 2.04. The summed E-state index contributed by atoms with van der Waals surface area (Å²) in [5.74, 6) is 5.38. The van der Waals surface area contributed by atoms with Crippen LogP contribution < -0.4 is 11.3 Å². The molecule has 3 N–H and O–H groups in total. The first-order valence-electron chi connectivity index (χ1n) is 6.47. The van der Waals surface area contributed by atoms with E-state index in [-0.39, 0.29) is 11.9 Å². The van der Waals surface area contributed by atoms with E-state index in [0.29, 0.717) is 0 Å². The molecule has 0 saturated heterocycles. The molecule has 3 heteroatoms. The maximum Gasteiger partial charge on any atom is 0.123 e. The molecule has 2 nitrogen and oxygen atoms in total. The third-order valence-corrected chi connectivity index (χ3v) is 3.44. The minimum absolute atomic E-state index is 0.0419. The van der Waals surface area contributed by atoms with Gasteiger partial charge in [-0.3, -0.25) is 11.3 Å². The third kappa shape index (κ3) is 3.63. The van der Waals surface area contributed by atoms with Crippen LogP contribution in [0.3, 0.4) is 0 Å². The van der Waals surface area contributed by atoms with Crippen molar-refractivity contribution in [3.63, 3.8) is 0 Å². The van der Waals surface area contributed by atoms with Crippen molar-refractivity contribution < 1.29 is 4.39 Å².